The summed E-state index contributed by atoms with van der Waals surface area (Å²) in [6.45, 7) is 7.14. The standard InChI is InChI=1S/C14H24N2O2S/c1-5-14(2,3)11-16-19(17,18)13-9-7-6-8-12(13)10-15-4/h6-9,15-16H,5,10-11H2,1-4H3. The van der Waals surface area contributed by atoms with Gasteiger partial charge in [0.25, 0.3) is 0 Å². The zero-order chi connectivity index (χ0) is 14.5. The first-order valence-corrected chi connectivity index (χ1v) is 8.03. The molecule has 0 aromatic heterocycles. The summed E-state index contributed by atoms with van der Waals surface area (Å²) in [6, 6.07) is 7.07. The van der Waals surface area contributed by atoms with Gasteiger partial charge in [-0.1, -0.05) is 39.0 Å². The lowest BCUT2D eigenvalue weighted by Crippen LogP contribution is -2.34. The number of sulfonamides is 1. The molecule has 0 aliphatic carbocycles. The second kappa shape index (κ2) is 6.50. The Labute approximate surface area is 116 Å². The smallest absolute Gasteiger partial charge is 0.240 e. The van der Waals surface area contributed by atoms with Crippen LogP contribution < -0.4 is 10.0 Å². The molecule has 0 amide bonds. The monoisotopic (exact) mass is 284 g/mol. The highest BCUT2D eigenvalue weighted by atomic mass is 32.2. The second-order valence-corrected chi connectivity index (χ2v) is 7.22. The molecule has 19 heavy (non-hydrogen) atoms. The zero-order valence-corrected chi connectivity index (χ0v) is 13.0. The van der Waals surface area contributed by atoms with E-state index >= 15 is 0 Å². The van der Waals surface area contributed by atoms with Crippen molar-refractivity contribution >= 4 is 10.0 Å². The van der Waals surface area contributed by atoms with Crippen LogP contribution in [0.4, 0.5) is 0 Å². The highest BCUT2D eigenvalue weighted by Crippen LogP contribution is 2.20. The topological polar surface area (TPSA) is 58.2 Å². The average molecular weight is 284 g/mol. The molecule has 0 heterocycles. The molecule has 4 nitrogen and oxygen atoms in total. The van der Waals surface area contributed by atoms with E-state index in [1.54, 1.807) is 19.2 Å². The molecule has 2 N–H and O–H groups in total. The molecule has 1 aromatic rings. The van der Waals surface area contributed by atoms with Crippen LogP contribution in [0.1, 0.15) is 32.8 Å². The normalized spacial score (nSPS) is 12.6. The van der Waals surface area contributed by atoms with Gasteiger partial charge in [0.1, 0.15) is 0 Å². The Balaban J connectivity index is 2.95. The first-order chi connectivity index (χ1) is 8.82. The van der Waals surface area contributed by atoms with E-state index < -0.39 is 10.0 Å². The lowest BCUT2D eigenvalue weighted by molar-refractivity contribution is 0.350. The molecule has 0 aliphatic heterocycles. The van der Waals surface area contributed by atoms with E-state index in [2.05, 4.69) is 30.8 Å². The van der Waals surface area contributed by atoms with Crippen LogP contribution in [0.5, 0.6) is 0 Å². The van der Waals surface area contributed by atoms with Crippen molar-refractivity contribution in [3.63, 3.8) is 0 Å². The van der Waals surface area contributed by atoms with E-state index in [4.69, 9.17) is 0 Å². The van der Waals surface area contributed by atoms with Crippen molar-refractivity contribution in [3.8, 4) is 0 Å². The van der Waals surface area contributed by atoms with Gasteiger partial charge < -0.3 is 5.32 Å². The molecule has 1 rings (SSSR count). The van der Waals surface area contributed by atoms with Gasteiger partial charge in [0.2, 0.25) is 10.0 Å². The van der Waals surface area contributed by atoms with Crippen LogP contribution in [-0.2, 0) is 16.6 Å². The fourth-order valence-electron chi connectivity index (χ4n) is 1.60. The molecular weight excluding hydrogens is 260 g/mol. The van der Waals surface area contributed by atoms with Gasteiger partial charge in [-0.3, -0.25) is 0 Å². The van der Waals surface area contributed by atoms with Crippen molar-refractivity contribution in [2.45, 2.75) is 38.6 Å². The quantitative estimate of drug-likeness (QED) is 0.806. The molecule has 108 valence electrons. The Kier molecular flexibility index (Phi) is 5.52. The molecule has 0 saturated heterocycles. The van der Waals surface area contributed by atoms with Crippen molar-refractivity contribution in [1.82, 2.24) is 10.0 Å². The highest BCUT2D eigenvalue weighted by molar-refractivity contribution is 7.89. The lowest BCUT2D eigenvalue weighted by Gasteiger charge is -2.23. The molecule has 0 aliphatic rings. The summed E-state index contributed by atoms with van der Waals surface area (Å²) in [5, 5.41) is 2.99. The van der Waals surface area contributed by atoms with Gasteiger partial charge in [0.15, 0.2) is 0 Å². The first kappa shape index (κ1) is 16.1. The van der Waals surface area contributed by atoms with E-state index in [1.807, 2.05) is 12.1 Å². The molecule has 0 spiro atoms. The summed E-state index contributed by atoms with van der Waals surface area (Å²) in [5.74, 6) is 0. The molecule has 0 unspecified atom stereocenters. The van der Waals surface area contributed by atoms with Gasteiger partial charge in [-0.15, -0.1) is 0 Å². The molecule has 5 heteroatoms. The average Bonchev–Trinajstić information content (AvgIpc) is 2.38. The fraction of sp³-hybridized carbons (Fsp3) is 0.571. The Hall–Kier alpha value is -0.910. The van der Waals surface area contributed by atoms with Crippen molar-refractivity contribution in [1.29, 1.82) is 0 Å². The number of hydrogen-bond acceptors (Lipinski definition) is 3. The van der Waals surface area contributed by atoms with Gasteiger partial charge in [0.05, 0.1) is 4.90 Å². The zero-order valence-electron chi connectivity index (χ0n) is 12.2. The van der Waals surface area contributed by atoms with E-state index in [0.29, 0.717) is 18.0 Å². The van der Waals surface area contributed by atoms with Crippen molar-refractivity contribution in [2.24, 2.45) is 5.41 Å². The van der Waals surface area contributed by atoms with Gasteiger partial charge >= 0.3 is 0 Å². The third-order valence-electron chi connectivity index (χ3n) is 3.33. The van der Waals surface area contributed by atoms with Gasteiger partial charge in [-0.2, -0.15) is 0 Å². The van der Waals surface area contributed by atoms with Crippen LogP contribution in [0.2, 0.25) is 0 Å². The van der Waals surface area contributed by atoms with E-state index in [1.165, 1.54) is 0 Å². The highest BCUT2D eigenvalue weighted by Gasteiger charge is 2.22. The summed E-state index contributed by atoms with van der Waals surface area (Å²) < 4.78 is 27.4. The van der Waals surface area contributed by atoms with Crippen LogP contribution >= 0.6 is 0 Å². The van der Waals surface area contributed by atoms with Gasteiger partial charge in [-0.25, -0.2) is 13.1 Å². The molecule has 0 radical (unpaired) electrons. The Morgan fingerprint density at radius 1 is 1.21 bits per heavy atom. The van der Waals surface area contributed by atoms with Gasteiger partial charge in [-0.05, 0) is 30.5 Å². The van der Waals surface area contributed by atoms with Crippen LogP contribution in [0.15, 0.2) is 29.2 Å². The molecule has 0 fully saturated rings. The minimum Gasteiger partial charge on any atom is -0.316 e. The van der Waals surface area contributed by atoms with Crippen LogP contribution in [0.25, 0.3) is 0 Å². The largest absolute Gasteiger partial charge is 0.316 e. The summed E-state index contributed by atoms with van der Waals surface area (Å²) in [5.41, 5.74) is 0.747. The third kappa shape index (κ3) is 4.60. The summed E-state index contributed by atoms with van der Waals surface area (Å²) in [7, 11) is -1.64. The molecular formula is C14H24N2O2S. The Bertz CT molecular complexity index is 510. The summed E-state index contributed by atoms with van der Waals surface area (Å²) in [4.78, 5) is 0.358. The minimum absolute atomic E-state index is 0.0367. The summed E-state index contributed by atoms with van der Waals surface area (Å²) >= 11 is 0. The third-order valence-corrected chi connectivity index (χ3v) is 4.83. The van der Waals surface area contributed by atoms with Gasteiger partial charge in [0, 0.05) is 13.1 Å². The number of nitrogens with one attached hydrogen (secondary N) is 2. The SMILES string of the molecule is CCC(C)(C)CNS(=O)(=O)c1ccccc1CNC. The molecule has 0 bridgehead atoms. The van der Waals surface area contributed by atoms with Crippen molar-refractivity contribution < 1.29 is 8.42 Å². The minimum atomic E-state index is -3.45. The first-order valence-electron chi connectivity index (χ1n) is 6.54. The molecule has 0 saturated carbocycles. The predicted molar refractivity (Wildman–Crippen MR) is 78.5 cm³/mol. The van der Waals surface area contributed by atoms with Crippen LogP contribution in [-0.4, -0.2) is 22.0 Å². The van der Waals surface area contributed by atoms with E-state index in [9.17, 15) is 8.42 Å². The van der Waals surface area contributed by atoms with Crippen molar-refractivity contribution in [2.75, 3.05) is 13.6 Å². The lowest BCUT2D eigenvalue weighted by atomic mass is 9.91. The number of hydrogen-bond donors (Lipinski definition) is 2. The Morgan fingerprint density at radius 2 is 1.84 bits per heavy atom. The van der Waals surface area contributed by atoms with Crippen LogP contribution in [0.3, 0.4) is 0 Å². The summed E-state index contributed by atoms with van der Waals surface area (Å²) in [6.07, 6.45) is 0.924. The van der Waals surface area contributed by atoms with Crippen molar-refractivity contribution in [3.05, 3.63) is 29.8 Å². The fourth-order valence-corrected chi connectivity index (χ4v) is 3.07. The molecule has 0 atom stereocenters. The van der Waals surface area contributed by atoms with E-state index in [0.717, 1.165) is 12.0 Å². The maximum Gasteiger partial charge on any atom is 0.240 e. The number of benzene rings is 1. The predicted octanol–water partition coefficient (Wildman–Crippen LogP) is 2.12. The number of rotatable bonds is 7. The maximum absolute atomic E-state index is 12.4. The molecule has 1 aromatic carbocycles. The maximum atomic E-state index is 12.4. The van der Waals surface area contributed by atoms with E-state index in [-0.39, 0.29) is 5.41 Å². The second-order valence-electron chi connectivity index (χ2n) is 5.48. The Morgan fingerprint density at radius 3 is 2.42 bits per heavy atom. The van der Waals surface area contributed by atoms with Crippen LogP contribution in [0, 0.1) is 5.41 Å².